The first-order valence-corrected chi connectivity index (χ1v) is 11.5. The number of hydrogen-bond acceptors (Lipinski definition) is 5. The summed E-state index contributed by atoms with van der Waals surface area (Å²) in [7, 11) is 0. The summed E-state index contributed by atoms with van der Waals surface area (Å²) in [6.07, 6.45) is 6.87. The largest absolute Gasteiger partial charge is 0.481 e. The minimum Gasteiger partial charge on any atom is -0.481 e. The summed E-state index contributed by atoms with van der Waals surface area (Å²) in [5.74, 6) is 0.419. The van der Waals surface area contributed by atoms with E-state index in [1.54, 1.807) is 0 Å². The van der Waals surface area contributed by atoms with Gasteiger partial charge in [-0.2, -0.15) is 4.98 Å². The predicted molar refractivity (Wildman–Crippen MR) is 121 cm³/mol. The molecule has 2 aliphatic rings. The van der Waals surface area contributed by atoms with Crippen molar-refractivity contribution in [1.29, 1.82) is 0 Å². The highest BCUT2D eigenvalue weighted by Gasteiger charge is 2.37. The Morgan fingerprint density at radius 3 is 2.47 bits per heavy atom. The molecule has 2 fully saturated rings. The normalized spacial score (nSPS) is 18.1. The molecule has 166 valence electrons. The van der Waals surface area contributed by atoms with Gasteiger partial charge in [0.05, 0.1) is 5.92 Å². The van der Waals surface area contributed by atoms with E-state index in [2.05, 4.69) is 57.5 Å². The Bertz CT molecular complexity index is 1050. The third-order valence-electron chi connectivity index (χ3n) is 7.10. The van der Waals surface area contributed by atoms with Crippen molar-refractivity contribution >= 4 is 5.97 Å². The van der Waals surface area contributed by atoms with E-state index in [9.17, 15) is 4.79 Å². The van der Waals surface area contributed by atoms with Crippen LogP contribution in [0.2, 0.25) is 0 Å². The number of carbonyl (C=O) groups is 1. The zero-order valence-electron chi connectivity index (χ0n) is 18.2. The molecule has 1 N–H and O–H groups in total. The number of rotatable bonds is 9. The molecule has 5 rings (SSSR count). The predicted octanol–water partition coefficient (Wildman–Crippen LogP) is 4.60. The second-order valence-corrected chi connectivity index (χ2v) is 9.45. The number of carboxylic acids is 1. The summed E-state index contributed by atoms with van der Waals surface area (Å²) >= 11 is 0. The smallest absolute Gasteiger partial charge is 0.309 e. The number of nitrogens with zero attached hydrogens (tertiary/aromatic N) is 3. The third-order valence-corrected chi connectivity index (χ3v) is 7.10. The van der Waals surface area contributed by atoms with E-state index < -0.39 is 5.97 Å². The van der Waals surface area contributed by atoms with Crippen molar-refractivity contribution in [2.75, 3.05) is 13.1 Å². The van der Waals surface area contributed by atoms with Crippen LogP contribution in [0.4, 0.5) is 0 Å². The van der Waals surface area contributed by atoms with Gasteiger partial charge in [-0.05, 0) is 42.2 Å². The van der Waals surface area contributed by atoms with E-state index in [1.165, 1.54) is 24.8 Å². The van der Waals surface area contributed by atoms with Crippen molar-refractivity contribution in [2.45, 2.75) is 45.1 Å². The topological polar surface area (TPSA) is 79.5 Å². The van der Waals surface area contributed by atoms with E-state index in [0.717, 1.165) is 36.9 Å². The molecule has 6 heteroatoms. The first kappa shape index (κ1) is 20.9. The Morgan fingerprint density at radius 2 is 1.81 bits per heavy atom. The molecule has 0 unspecified atom stereocenters. The molecule has 1 saturated heterocycles. The molecule has 0 amide bonds. The minimum atomic E-state index is -0.701. The lowest BCUT2D eigenvalue weighted by Gasteiger charge is -2.42. The van der Waals surface area contributed by atoms with E-state index in [0.29, 0.717) is 30.2 Å². The van der Waals surface area contributed by atoms with Crippen molar-refractivity contribution < 1.29 is 14.4 Å². The van der Waals surface area contributed by atoms with Gasteiger partial charge in [0.1, 0.15) is 0 Å². The van der Waals surface area contributed by atoms with Crippen molar-refractivity contribution in [1.82, 2.24) is 15.0 Å². The first-order valence-electron chi connectivity index (χ1n) is 11.5. The van der Waals surface area contributed by atoms with Crippen LogP contribution in [0.25, 0.3) is 11.4 Å². The van der Waals surface area contributed by atoms with Gasteiger partial charge in [0.2, 0.25) is 11.7 Å². The molecular weight excluding hydrogens is 402 g/mol. The standard InChI is InChI=1S/C26H29N3O3/c30-25(31)22-17-29(18-22)16-20-7-9-21(10-8-20)24-27-23(32-28-24)11-14-26(12-4-13-26)15-19-5-2-1-3-6-19/h1-3,5-10,22H,4,11-18H2,(H,30,31). The molecule has 6 nitrogen and oxygen atoms in total. The van der Waals surface area contributed by atoms with E-state index in [-0.39, 0.29) is 5.92 Å². The van der Waals surface area contributed by atoms with Gasteiger partial charge < -0.3 is 9.63 Å². The van der Waals surface area contributed by atoms with Crippen LogP contribution in [0.15, 0.2) is 59.1 Å². The average Bonchev–Trinajstić information content (AvgIpc) is 3.22. The van der Waals surface area contributed by atoms with Crippen LogP contribution in [-0.2, 0) is 24.2 Å². The molecule has 32 heavy (non-hydrogen) atoms. The fraction of sp³-hybridized carbons (Fsp3) is 0.423. The number of carboxylic acid groups (broad SMARTS) is 1. The van der Waals surface area contributed by atoms with E-state index in [1.807, 2.05) is 12.1 Å². The number of hydrogen-bond donors (Lipinski definition) is 1. The Morgan fingerprint density at radius 1 is 1.06 bits per heavy atom. The molecule has 0 radical (unpaired) electrons. The SMILES string of the molecule is O=C(O)C1CN(Cc2ccc(-c3noc(CCC4(Cc5ccccc5)CCC4)n3)cc2)C1. The Hall–Kier alpha value is -2.99. The van der Waals surface area contributed by atoms with Crippen molar-refractivity contribution in [3.8, 4) is 11.4 Å². The van der Waals surface area contributed by atoms with Gasteiger partial charge in [-0.3, -0.25) is 9.69 Å². The van der Waals surface area contributed by atoms with Gasteiger partial charge in [-0.1, -0.05) is 66.2 Å². The minimum absolute atomic E-state index is 0.223. The summed E-state index contributed by atoms with van der Waals surface area (Å²) in [5, 5.41) is 13.2. The number of aliphatic carboxylic acids is 1. The molecule has 2 aromatic carbocycles. The van der Waals surface area contributed by atoms with Crippen LogP contribution in [0.5, 0.6) is 0 Å². The van der Waals surface area contributed by atoms with Gasteiger partial charge in [0.25, 0.3) is 0 Å². The van der Waals surface area contributed by atoms with Crippen molar-refractivity contribution in [2.24, 2.45) is 11.3 Å². The van der Waals surface area contributed by atoms with Crippen LogP contribution >= 0.6 is 0 Å². The maximum atomic E-state index is 10.9. The van der Waals surface area contributed by atoms with Crippen molar-refractivity contribution in [3.05, 3.63) is 71.6 Å². The zero-order chi connectivity index (χ0) is 22.0. The maximum Gasteiger partial charge on any atom is 0.309 e. The van der Waals surface area contributed by atoms with Crippen LogP contribution in [0.3, 0.4) is 0 Å². The average molecular weight is 432 g/mol. The molecule has 0 spiro atoms. The van der Waals surface area contributed by atoms with Crippen LogP contribution in [0.1, 0.15) is 42.7 Å². The fourth-order valence-corrected chi connectivity index (χ4v) is 4.94. The van der Waals surface area contributed by atoms with Crippen LogP contribution in [-0.4, -0.2) is 39.2 Å². The lowest BCUT2D eigenvalue weighted by molar-refractivity contribution is -0.147. The second-order valence-electron chi connectivity index (χ2n) is 9.45. The zero-order valence-corrected chi connectivity index (χ0v) is 18.2. The molecular formula is C26H29N3O3. The highest BCUT2D eigenvalue weighted by atomic mass is 16.5. The lowest BCUT2D eigenvalue weighted by atomic mass is 9.63. The van der Waals surface area contributed by atoms with Crippen LogP contribution in [0, 0.1) is 11.3 Å². The summed E-state index contributed by atoms with van der Waals surface area (Å²) in [5.41, 5.74) is 3.89. The number of aromatic nitrogens is 2. The molecule has 1 aromatic heterocycles. The summed E-state index contributed by atoms with van der Waals surface area (Å²) < 4.78 is 5.56. The van der Waals surface area contributed by atoms with Crippen LogP contribution < -0.4 is 0 Å². The number of benzene rings is 2. The molecule has 1 aliphatic carbocycles. The van der Waals surface area contributed by atoms with Gasteiger partial charge in [-0.15, -0.1) is 0 Å². The first-order chi connectivity index (χ1) is 15.6. The summed E-state index contributed by atoms with van der Waals surface area (Å²) in [4.78, 5) is 17.7. The summed E-state index contributed by atoms with van der Waals surface area (Å²) in [6.45, 7) is 2.01. The van der Waals surface area contributed by atoms with Gasteiger partial charge >= 0.3 is 5.97 Å². The second kappa shape index (κ2) is 8.87. The Balaban J connectivity index is 1.16. The molecule has 2 heterocycles. The highest BCUT2D eigenvalue weighted by Crippen LogP contribution is 2.47. The molecule has 1 saturated carbocycles. The molecule has 3 aromatic rings. The quantitative estimate of drug-likeness (QED) is 0.533. The molecule has 1 aliphatic heterocycles. The van der Waals surface area contributed by atoms with E-state index in [4.69, 9.17) is 9.63 Å². The maximum absolute atomic E-state index is 10.9. The van der Waals surface area contributed by atoms with Gasteiger partial charge in [0.15, 0.2) is 0 Å². The number of aryl methyl sites for hydroxylation is 1. The monoisotopic (exact) mass is 431 g/mol. The van der Waals surface area contributed by atoms with Gasteiger partial charge in [-0.25, -0.2) is 0 Å². The Labute approximate surface area is 188 Å². The fourth-order valence-electron chi connectivity index (χ4n) is 4.94. The molecule has 0 bridgehead atoms. The lowest BCUT2D eigenvalue weighted by Crippen LogP contribution is -2.49. The third kappa shape index (κ3) is 4.60. The summed E-state index contributed by atoms with van der Waals surface area (Å²) in [6, 6.07) is 18.9. The van der Waals surface area contributed by atoms with E-state index >= 15 is 0 Å². The highest BCUT2D eigenvalue weighted by molar-refractivity contribution is 5.71. The molecule has 0 atom stereocenters. The Kier molecular flexibility index (Phi) is 5.79. The van der Waals surface area contributed by atoms with Gasteiger partial charge in [0, 0.05) is 31.6 Å². The van der Waals surface area contributed by atoms with Crippen molar-refractivity contribution in [3.63, 3.8) is 0 Å². The number of likely N-dealkylation sites (tertiary alicyclic amines) is 1.